The van der Waals surface area contributed by atoms with Crippen molar-refractivity contribution in [2.24, 2.45) is 0 Å². The van der Waals surface area contributed by atoms with Gasteiger partial charge in [0.1, 0.15) is 14.0 Å². The van der Waals surface area contributed by atoms with E-state index in [-0.39, 0.29) is 0 Å². The van der Waals surface area contributed by atoms with Gasteiger partial charge in [0.05, 0.1) is 5.30 Å². The van der Waals surface area contributed by atoms with Crippen LogP contribution in [-0.4, -0.2) is 0 Å². The number of benzene rings is 2. The summed E-state index contributed by atoms with van der Waals surface area (Å²) in [7, 11) is 0.936. The van der Waals surface area contributed by atoms with Gasteiger partial charge in [-0.1, -0.05) is 48.5 Å². The molecule has 0 aliphatic carbocycles. The van der Waals surface area contributed by atoms with E-state index in [0.717, 1.165) is 14.0 Å². The zero-order chi connectivity index (χ0) is 10.1. The summed E-state index contributed by atoms with van der Waals surface area (Å²) < 4.78 is 5.60. The maximum Gasteiger partial charge on any atom is 0.139 e. The molecule has 0 aliphatic rings. The van der Waals surface area contributed by atoms with Crippen molar-refractivity contribution >= 4 is 19.4 Å². The number of rotatable bonds is 1. The van der Waals surface area contributed by atoms with Crippen molar-refractivity contribution in [2.75, 3.05) is 0 Å². The van der Waals surface area contributed by atoms with Gasteiger partial charge in [-0.25, -0.2) is 0 Å². The highest BCUT2D eigenvalue weighted by Crippen LogP contribution is 2.37. The topological polar surface area (TPSA) is 13.1 Å². The van der Waals surface area contributed by atoms with E-state index in [9.17, 15) is 0 Å². The Morgan fingerprint density at radius 3 is 2.40 bits per heavy atom. The molecule has 15 heavy (non-hydrogen) atoms. The molecule has 0 unspecified atom stereocenters. The Morgan fingerprint density at radius 2 is 1.53 bits per heavy atom. The van der Waals surface area contributed by atoms with Crippen LogP contribution in [0.5, 0.6) is 0 Å². The lowest BCUT2D eigenvalue weighted by molar-refractivity contribution is 0.755. The molecular formula is C13H9OP. The first-order chi connectivity index (χ1) is 7.45. The lowest BCUT2D eigenvalue weighted by atomic mass is 10.1. The summed E-state index contributed by atoms with van der Waals surface area (Å²) >= 11 is 0. The van der Waals surface area contributed by atoms with Crippen LogP contribution in [0, 0.1) is 0 Å². The van der Waals surface area contributed by atoms with Crippen LogP contribution in [0.3, 0.4) is 0 Å². The molecule has 72 valence electrons. The van der Waals surface area contributed by atoms with Gasteiger partial charge in [-0.15, -0.1) is 0 Å². The van der Waals surface area contributed by atoms with Gasteiger partial charge in [0.25, 0.3) is 0 Å². The monoisotopic (exact) mass is 212 g/mol. The van der Waals surface area contributed by atoms with Crippen LogP contribution in [0.1, 0.15) is 0 Å². The second-order valence-electron chi connectivity index (χ2n) is 3.39. The molecule has 0 atom stereocenters. The predicted octanol–water partition coefficient (Wildman–Crippen LogP) is 4.68. The van der Waals surface area contributed by atoms with Gasteiger partial charge in [0.15, 0.2) is 0 Å². The number of hydrogen-bond acceptors (Lipinski definition) is 1. The van der Waals surface area contributed by atoms with Crippen molar-refractivity contribution < 1.29 is 4.20 Å². The first kappa shape index (κ1) is 8.70. The Hall–Kier alpha value is -1.59. The Labute approximate surface area is 89.6 Å². The first-order valence-electron chi connectivity index (χ1n) is 4.85. The molecule has 0 amide bonds. The maximum absolute atomic E-state index is 5.60. The van der Waals surface area contributed by atoms with E-state index in [1.807, 2.05) is 24.3 Å². The van der Waals surface area contributed by atoms with Crippen molar-refractivity contribution in [2.45, 2.75) is 0 Å². The minimum atomic E-state index is 0.936. The molecule has 0 saturated heterocycles. The van der Waals surface area contributed by atoms with Gasteiger partial charge in [0, 0.05) is 5.39 Å². The molecule has 0 saturated carbocycles. The fourth-order valence-corrected chi connectivity index (χ4v) is 2.58. The average Bonchev–Trinajstić information content (AvgIpc) is 2.74. The standard InChI is InChI=1S/C13H9OP/c1-2-6-10(7-3-1)13-11-8-4-5-9-12(11)14-15-13/h1-9H. The molecule has 0 bridgehead atoms. The van der Waals surface area contributed by atoms with Gasteiger partial charge in [-0.05, 0) is 11.6 Å². The van der Waals surface area contributed by atoms with Gasteiger partial charge in [0.2, 0.25) is 0 Å². The highest BCUT2D eigenvalue weighted by molar-refractivity contribution is 7.28. The summed E-state index contributed by atoms with van der Waals surface area (Å²) in [4.78, 5) is 0. The predicted molar refractivity (Wildman–Crippen MR) is 64.2 cm³/mol. The Balaban J connectivity index is 2.28. The number of hydrogen-bond donors (Lipinski definition) is 0. The second kappa shape index (κ2) is 3.52. The molecule has 3 aromatic rings. The molecule has 2 heteroatoms. The van der Waals surface area contributed by atoms with Crippen LogP contribution in [0.4, 0.5) is 0 Å². The van der Waals surface area contributed by atoms with Gasteiger partial charge in [-0.2, -0.15) is 0 Å². The molecule has 0 fully saturated rings. The molecule has 0 spiro atoms. The zero-order valence-electron chi connectivity index (χ0n) is 8.05. The fraction of sp³-hybridized carbons (Fsp3) is 0. The van der Waals surface area contributed by atoms with E-state index < -0.39 is 0 Å². The summed E-state index contributed by atoms with van der Waals surface area (Å²) in [6, 6.07) is 18.5. The normalized spacial score (nSPS) is 11.2. The maximum atomic E-state index is 5.60. The van der Waals surface area contributed by atoms with E-state index in [4.69, 9.17) is 4.20 Å². The third-order valence-corrected chi connectivity index (χ3v) is 3.39. The smallest absolute Gasteiger partial charge is 0.139 e. The van der Waals surface area contributed by atoms with E-state index in [1.54, 1.807) is 0 Å². The van der Waals surface area contributed by atoms with E-state index in [1.165, 1.54) is 16.2 Å². The molecule has 2 aromatic carbocycles. The van der Waals surface area contributed by atoms with Crippen LogP contribution in [0.15, 0.2) is 58.8 Å². The lowest BCUT2D eigenvalue weighted by Crippen LogP contribution is -1.71. The molecule has 0 radical (unpaired) electrons. The van der Waals surface area contributed by atoms with Crippen LogP contribution in [0.25, 0.3) is 21.8 Å². The summed E-state index contributed by atoms with van der Waals surface area (Å²) in [6.07, 6.45) is 0. The minimum Gasteiger partial charge on any atom is -0.438 e. The molecule has 1 nitrogen and oxygen atoms in total. The van der Waals surface area contributed by atoms with Gasteiger partial charge < -0.3 is 4.20 Å². The van der Waals surface area contributed by atoms with E-state index in [2.05, 4.69) is 30.3 Å². The van der Waals surface area contributed by atoms with Crippen molar-refractivity contribution in [3.8, 4) is 10.9 Å². The Morgan fingerprint density at radius 1 is 0.800 bits per heavy atom. The fourth-order valence-electron chi connectivity index (χ4n) is 1.69. The lowest BCUT2D eigenvalue weighted by Gasteiger charge is -1.95. The summed E-state index contributed by atoms with van der Waals surface area (Å²) in [6.45, 7) is 0. The van der Waals surface area contributed by atoms with Crippen molar-refractivity contribution in [3.05, 3.63) is 54.6 Å². The third-order valence-electron chi connectivity index (χ3n) is 2.42. The largest absolute Gasteiger partial charge is 0.438 e. The quantitative estimate of drug-likeness (QED) is 0.570. The Kier molecular flexibility index (Phi) is 2.04. The molecular weight excluding hydrogens is 203 g/mol. The van der Waals surface area contributed by atoms with Gasteiger partial charge in [-0.3, -0.25) is 0 Å². The van der Waals surface area contributed by atoms with Crippen molar-refractivity contribution in [3.63, 3.8) is 0 Å². The molecule has 1 aromatic heterocycles. The van der Waals surface area contributed by atoms with Crippen LogP contribution in [-0.2, 0) is 0 Å². The average molecular weight is 212 g/mol. The van der Waals surface area contributed by atoms with Crippen molar-refractivity contribution in [1.29, 1.82) is 0 Å². The number of fused-ring (bicyclic) bond motifs is 1. The van der Waals surface area contributed by atoms with Gasteiger partial charge >= 0.3 is 0 Å². The summed E-state index contributed by atoms with van der Waals surface area (Å²) in [5.74, 6) is 0. The van der Waals surface area contributed by atoms with Crippen molar-refractivity contribution in [1.82, 2.24) is 0 Å². The van der Waals surface area contributed by atoms with E-state index >= 15 is 0 Å². The molecule has 0 N–H and O–H groups in total. The highest BCUT2D eigenvalue weighted by Gasteiger charge is 2.06. The highest BCUT2D eigenvalue weighted by atomic mass is 31.1. The molecule has 0 aliphatic heterocycles. The minimum absolute atomic E-state index is 0.936. The van der Waals surface area contributed by atoms with Crippen LogP contribution in [0.2, 0.25) is 0 Å². The first-order valence-corrected chi connectivity index (χ1v) is 5.66. The SMILES string of the molecule is c1ccc(-c2poc3ccccc23)cc1. The van der Waals surface area contributed by atoms with Crippen LogP contribution < -0.4 is 0 Å². The Bertz CT molecular complexity index is 584. The molecule has 1 heterocycles. The zero-order valence-corrected chi connectivity index (χ0v) is 8.95. The third kappa shape index (κ3) is 1.45. The van der Waals surface area contributed by atoms with Crippen LogP contribution >= 0.6 is 8.43 Å². The van der Waals surface area contributed by atoms with E-state index in [0.29, 0.717) is 0 Å². The summed E-state index contributed by atoms with van der Waals surface area (Å²) in [5, 5.41) is 2.47. The number of para-hydroxylation sites is 1. The molecule has 3 rings (SSSR count). The summed E-state index contributed by atoms with van der Waals surface area (Å²) in [5.41, 5.74) is 2.22. The second-order valence-corrected chi connectivity index (χ2v) is 4.21.